The van der Waals surface area contributed by atoms with Crippen LogP contribution in [0.25, 0.3) is 0 Å². The zero-order valence-corrected chi connectivity index (χ0v) is 14.9. The van der Waals surface area contributed by atoms with Crippen LogP contribution in [-0.4, -0.2) is 13.1 Å². The van der Waals surface area contributed by atoms with E-state index < -0.39 is 0 Å². The molecule has 22 heavy (non-hydrogen) atoms. The lowest BCUT2D eigenvalue weighted by atomic mass is 10.1. The van der Waals surface area contributed by atoms with Crippen LogP contribution in [0.1, 0.15) is 30.4 Å². The molecule has 116 valence electrons. The Hall–Kier alpha value is -1.48. The molecule has 0 bridgehead atoms. The highest BCUT2D eigenvalue weighted by molar-refractivity contribution is 9.10. The summed E-state index contributed by atoms with van der Waals surface area (Å²) < 4.78 is 1.15. The molecule has 0 atom stereocenters. The molecule has 0 radical (unpaired) electrons. The molecule has 1 N–H and O–H groups in total. The minimum absolute atomic E-state index is 1.15. The molecular weight excluding hydrogens is 336 g/mol. The maximum Gasteiger partial charge on any atom is 0.0651 e. The summed E-state index contributed by atoms with van der Waals surface area (Å²) in [5, 5.41) is 3.64. The topological polar surface area (TPSA) is 15.3 Å². The van der Waals surface area contributed by atoms with Crippen LogP contribution in [0, 0.1) is 13.8 Å². The summed E-state index contributed by atoms with van der Waals surface area (Å²) in [7, 11) is 0. The van der Waals surface area contributed by atoms with Crippen molar-refractivity contribution in [3.8, 4) is 0 Å². The van der Waals surface area contributed by atoms with E-state index in [0.717, 1.165) is 23.2 Å². The highest BCUT2D eigenvalue weighted by Gasteiger charge is 2.16. The number of aryl methyl sites for hydroxylation is 2. The number of hydrogen-bond acceptors (Lipinski definition) is 2. The molecule has 0 spiro atoms. The summed E-state index contributed by atoms with van der Waals surface area (Å²) >= 11 is 3.57. The fourth-order valence-electron chi connectivity index (χ4n) is 3.08. The molecule has 0 amide bonds. The van der Waals surface area contributed by atoms with E-state index in [1.54, 1.807) is 0 Å². The van der Waals surface area contributed by atoms with Gasteiger partial charge >= 0.3 is 0 Å². The van der Waals surface area contributed by atoms with Crippen molar-refractivity contribution in [1.29, 1.82) is 0 Å². The molecule has 1 fully saturated rings. The monoisotopic (exact) mass is 358 g/mol. The molecule has 1 heterocycles. The van der Waals surface area contributed by atoms with Crippen LogP contribution in [0.3, 0.4) is 0 Å². The van der Waals surface area contributed by atoms with Crippen LogP contribution >= 0.6 is 15.9 Å². The lowest BCUT2D eigenvalue weighted by molar-refractivity contribution is 0.578. The van der Waals surface area contributed by atoms with Gasteiger partial charge in [-0.05, 0) is 68.5 Å². The normalized spacial score (nSPS) is 15.0. The van der Waals surface area contributed by atoms with E-state index in [9.17, 15) is 0 Å². The molecule has 1 aliphatic rings. The maximum absolute atomic E-state index is 3.64. The minimum Gasteiger partial charge on any atom is -0.370 e. The summed E-state index contributed by atoms with van der Waals surface area (Å²) in [6.45, 7) is 6.63. The first-order valence-corrected chi connectivity index (χ1v) is 8.82. The molecule has 0 saturated carbocycles. The molecule has 2 nitrogen and oxygen atoms in total. The average Bonchev–Trinajstić information content (AvgIpc) is 2.54. The van der Waals surface area contributed by atoms with Crippen molar-refractivity contribution in [3.63, 3.8) is 0 Å². The van der Waals surface area contributed by atoms with E-state index in [1.165, 1.54) is 41.8 Å². The number of para-hydroxylation sites is 1. The summed E-state index contributed by atoms with van der Waals surface area (Å²) in [6, 6.07) is 13.0. The molecule has 0 unspecified atom stereocenters. The van der Waals surface area contributed by atoms with Gasteiger partial charge in [-0.1, -0.05) is 28.1 Å². The van der Waals surface area contributed by atoms with Crippen molar-refractivity contribution in [2.45, 2.75) is 33.1 Å². The third-order valence-corrected chi connectivity index (χ3v) is 5.26. The molecule has 1 saturated heterocycles. The molecular formula is C19H23BrN2. The van der Waals surface area contributed by atoms with Gasteiger partial charge in [0.2, 0.25) is 0 Å². The first-order valence-electron chi connectivity index (χ1n) is 8.03. The second-order valence-electron chi connectivity index (χ2n) is 6.11. The molecule has 0 aromatic heterocycles. The number of hydrogen-bond donors (Lipinski definition) is 1. The summed E-state index contributed by atoms with van der Waals surface area (Å²) in [4.78, 5) is 2.52. The van der Waals surface area contributed by atoms with E-state index in [4.69, 9.17) is 0 Å². The zero-order chi connectivity index (χ0) is 15.5. The third-order valence-electron chi connectivity index (χ3n) is 4.37. The summed E-state index contributed by atoms with van der Waals surface area (Å²) in [5.41, 5.74) is 6.27. The van der Waals surface area contributed by atoms with Gasteiger partial charge in [0.05, 0.1) is 11.4 Å². The smallest absolute Gasteiger partial charge is 0.0651 e. The van der Waals surface area contributed by atoms with Gasteiger partial charge in [0.25, 0.3) is 0 Å². The van der Waals surface area contributed by atoms with Crippen LogP contribution in [-0.2, 0) is 0 Å². The fraction of sp³-hybridized carbons (Fsp3) is 0.368. The van der Waals surface area contributed by atoms with Gasteiger partial charge in [0, 0.05) is 23.2 Å². The van der Waals surface area contributed by atoms with Crippen LogP contribution in [0.5, 0.6) is 0 Å². The first kappa shape index (κ1) is 15.4. The number of rotatable bonds is 3. The predicted octanol–water partition coefficient (Wildman–Crippen LogP) is 5.80. The Labute approximate surface area is 141 Å². The standard InChI is InChI=1S/C19H23BrN2/c1-14-7-6-8-18(22-11-4-3-5-12-22)19(14)21-16-9-10-17(20)15(2)13-16/h6-10,13,21H,3-5,11-12H2,1-2H3. The minimum atomic E-state index is 1.15. The SMILES string of the molecule is Cc1cc(Nc2c(C)cccc2N2CCCCC2)ccc1Br. The Kier molecular flexibility index (Phi) is 4.72. The average molecular weight is 359 g/mol. The Balaban J connectivity index is 1.93. The Morgan fingerprint density at radius 3 is 2.45 bits per heavy atom. The van der Waals surface area contributed by atoms with Gasteiger partial charge < -0.3 is 10.2 Å². The second kappa shape index (κ2) is 6.74. The van der Waals surface area contributed by atoms with Crippen molar-refractivity contribution >= 4 is 33.0 Å². The Morgan fingerprint density at radius 1 is 0.955 bits per heavy atom. The second-order valence-corrected chi connectivity index (χ2v) is 6.96. The number of piperidine rings is 1. The number of halogens is 1. The first-order chi connectivity index (χ1) is 10.6. The highest BCUT2D eigenvalue weighted by atomic mass is 79.9. The molecule has 3 heteroatoms. The van der Waals surface area contributed by atoms with Crippen molar-refractivity contribution in [2.75, 3.05) is 23.3 Å². The Morgan fingerprint density at radius 2 is 1.73 bits per heavy atom. The maximum atomic E-state index is 3.64. The van der Waals surface area contributed by atoms with E-state index in [-0.39, 0.29) is 0 Å². The molecule has 0 aliphatic carbocycles. The van der Waals surface area contributed by atoms with Crippen molar-refractivity contribution < 1.29 is 0 Å². The Bertz CT molecular complexity index is 660. The van der Waals surface area contributed by atoms with E-state index >= 15 is 0 Å². The number of nitrogens with zero attached hydrogens (tertiary/aromatic N) is 1. The van der Waals surface area contributed by atoms with E-state index in [2.05, 4.69) is 76.4 Å². The van der Waals surface area contributed by atoms with Gasteiger partial charge in [0.15, 0.2) is 0 Å². The van der Waals surface area contributed by atoms with Gasteiger partial charge in [-0.25, -0.2) is 0 Å². The highest BCUT2D eigenvalue weighted by Crippen LogP contribution is 2.34. The van der Waals surface area contributed by atoms with Crippen molar-refractivity contribution in [2.24, 2.45) is 0 Å². The van der Waals surface area contributed by atoms with E-state index in [1.807, 2.05) is 0 Å². The number of anilines is 3. The molecule has 2 aromatic carbocycles. The fourth-order valence-corrected chi connectivity index (χ4v) is 3.33. The van der Waals surface area contributed by atoms with Crippen LogP contribution in [0.4, 0.5) is 17.1 Å². The van der Waals surface area contributed by atoms with Crippen molar-refractivity contribution in [1.82, 2.24) is 0 Å². The quantitative estimate of drug-likeness (QED) is 0.745. The largest absolute Gasteiger partial charge is 0.370 e. The lowest BCUT2D eigenvalue weighted by Crippen LogP contribution is -2.30. The number of benzene rings is 2. The zero-order valence-electron chi connectivity index (χ0n) is 13.3. The van der Waals surface area contributed by atoms with Crippen molar-refractivity contribution in [3.05, 3.63) is 52.0 Å². The third kappa shape index (κ3) is 3.30. The van der Waals surface area contributed by atoms with E-state index in [0.29, 0.717) is 0 Å². The predicted molar refractivity (Wildman–Crippen MR) is 99.4 cm³/mol. The van der Waals surface area contributed by atoms with Gasteiger partial charge in [0.1, 0.15) is 0 Å². The number of nitrogens with one attached hydrogen (secondary N) is 1. The molecule has 3 rings (SSSR count). The van der Waals surface area contributed by atoms with Crippen LogP contribution in [0.2, 0.25) is 0 Å². The van der Waals surface area contributed by atoms with Gasteiger partial charge in [-0.15, -0.1) is 0 Å². The lowest BCUT2D eigenvalue weighted by Gasteiger charge is -2.31. The van der Waals surface area contributed by atoms with Crippen LogP contribution < -0.4 is 10.2 Å². The summed E-state index contributed by atoms with van der Waals surface area (Å²) in [6.07, 6.45) is 3.95. The van der Waals surface area contributed by atoms with Crippen LogP contribution in [0.15, 0.2) is 40.9 Å². The molecule has 1 aliphatic heterocycles. The van der Waals surface area contributed by atoms with Gasteiger partial charge in [-0.2, -0.15) is 0 Å². The summed E-state index contributed by atoms with van der Waals surface area (Å²) in [5.74, 6) is 0. The van der Waals surface area contributed by atoms with Gasteiger partial charge in [-0.3, -0.25) is 0 Å². The molecule has 2 aromatic rings.